The summed E-state index contributed by atoms with van der Waals surface area (Å²) < 4.78 is 39.3. The van der Waals surface area contributed by atoms with Crippen molar-refractivity contribution in [3.05, 3.63) is 95.1 Å². The third-order valence-corrected chi connectivity index (χ3v) is 6.52. The van der Waals surface area contributed by atoms with E-state index in [4.69, 9.17) is 18.9 Å². The Labute approximate surface area is 206 Å². The van der Waals surface area contributed by atoms with Gasteiger partial charge in [0.15, 0.2) is 17.6 Å². The van der Waals surface area contributed by atoms with Crippen LogP contribution in [0.15, 0.2) is 72.6 Å². The van der Waals surface area contributed by atoms with Crippen molar-refractivity contribution in [2.75, 3.05) is 26.6 Å². The third kappa shape index (κ3) is 3.27. The van der Waals surface area contributed by atoms with E-state index in [0.29, 0.717) is 28.9 Å². The maximum absolute atomic E-state index is 13.9. The van der Waals surface area contributed by atoms with Crippen LogP contribution in [0.3, 0.4) is 0 Å². The number of hydrogen-bond acceptors (Lipinski definition) is 7. The maximum atomic E-state index is 13.9. The van der Waals surface area contributed by atoms with E-state index in [2.05, 4.69) is 15.4 Å². The van der Waals surface area contributed by atoms with Crippen LogP contribution in [0, 0.1) is 5.82 Å². The molecule has 0 amide bonds. The SMILES string of the molecule is COc1ccc([C@H]2Oc3ccccc3C3=C2[C@@H](c2ccc(F)cc2)n2ncnc2N3)c(OC)c1OC. The molecular formula is C27H23FN4O4. The molecule has 0 radical (unpaired) electrons. The number of nitrogens with one attached hydrogen (secondary N) is 1. The fourth-order valence-corrected chi connectivity index (χ4v) is 4.97. The van der Waals surface area contributed by atoms with Gasteiger partial charge in [-0.2, -0.15) is 10.1 Å². The Balaban J connectivity index is 1.64. The molecule has 0 saturated carbocycles. The van der Waals surface area contributed by atoms with Crippen LogP contribution in [0.1, 0.15) is 28.8 Å². The van der Waals surface area contributed by atoms with E-state index in [9.17, 15) is 4.39 Å². The minimum absolute atomic E-state index is 0.316. The van der Waals surface area contributed by atoms with Gasteiger partial charge < -0.3 is 24.3 Å². The smallest absolute Gasteiger partial charge is 0.226 e. The van der Waals surface area contributed by atoms with E-state index in [0.717, 1.165) is 28.0 Å². The molecule has 2 atom stereocenters. The van der Waals surface area contributed by atoms with Gasteiger partial charge in [-0.1, -0.05) is 24.3 Å². The highest BCUT2D eigenvalue weighted by atomic mass is 19.1. The van der Waals surface area contributed by atoms with Crippen LogP contribution in [0.5, 0.6) is 23.0 Å². The van der Waals surface area contributed by atoms with Crippen molar-refractivity contribution in [3.63, 3.8) is 0 Å². The summed E-state index contributed by atoms with van der Waals surface area (Å²) in [7, 11) is 4.73. The number of hydrogen-bond donors (Lipinski definition) is 1. The van der Waals surface area contributed by atoms with E-state index in [1.807, 2.05) is 36.4 Å². The lowest BCUT2D eigenvalue weighted by atomic mass is 9.84. The number of halogens is 1. The van der Waals surface area contributed by atoms with Crippen LogP contribution in [-0.2, 0) is 0 Å². The van der Waals surface area contributed by atoms with Gasteiger partial charge in [0, 0.05) is 16.7 Å². The van der Waals surface area contributed by atoms with E-state index in [1.165, 1.54) is 18.5 Å². The van der Waals surface area contributed by atoms with E-state index < -0.39 is 12.1 Å². The Kier molecular flexibility index (Phi) is 5.25. The van der Waals surface area contributed by atoms with Crippen molar-refractivity contribution >= 4 is 11.6 Å². The van der Waals surface area contributed by atoms with Gasteiger partial charge in [-0.15, -0.1) is 0 Å². The van der Waals surface area contributed by atoms with E-state index in [1.54, 1.807) is 38.1 Å². The van der Waals surface area contributed by atoms with E-state index in [-0.39, 0.29) is 5.82 Å². The molecule has 0 fully saturated rings. The second kappa shape index (κ2) is 8.60. The highest BCUT2D eigenvalue weighted by molar-refractivity contribution is 5.85. The number of fused-ring (bicyclic) bond motifs is 3. The first-order chi connectivity index (χ1) is 17.6. The number of ether oxygens (including phenoxy) is 4. The molecule has 2 aliphatic rings. The molecule has 8 nitrogen and oxygen atoms in total. The summed E-state index contributed by atoms with van der Waals surface area (Å²) >= 11 is 0. The summed E-state index contributed by atoms with van der Waals surface area (Å²) in [6.07, 6.45) is 0.903. The summed E-state index contributed by atoms with van der Waals surface area (Å²) in [4.78, 5) is 4.43. The van der Waals surface area contributed by atoms with Crippen LogP contribution in [-0.4, -0.2) is 36.1 Å². The predicted octanol–water partition coefficient (Wildman–Crippen LogP) is 5.00. The van der Waals surface area contributed by atoms with Gasteiger partial charge in [-0.3, -0.25) is 0 Å². The molecule has 0 aliphatic carbocycles. The topological polar surface area (TPSA) is 79.7 Å². The highest BCUT2D eigenvalue weighted by Crippen LogP contribution is 2.53. The maximum Gasteiger partial charge on any atom is 0.226 e. The van der Waals surface area contributed by atoms with Crippen LogP contribution >= 0.6 is 0 Å². The summed E-state index contributed by atoms with van der Waals surface area (Å²) in [5.74, 6) is 2.47. The lowest BCUT2D eigenvalue weighted by Crippen LogP contribution is -2.32. The molecule has 182 valence electrons. The largest absolute Gasteiger partial charge is 0.493 e. The molecule has 3 heterocycles. The first-order valence-corrected chi connectivity index (χ1v) is 11.4. The minimum Gasteiger partial charge on any atom is -0.493 e. The summed E-state index contributed by atoms with van der Waals surface area (Å²) in [6.45, 7) is 0. The fraction of sp³-hybridized carbons (Fsp3) is 0.185. The number of rotatable bonds is 5. The monoisotopic (exact) mass is 486 g/mol. The Morgan fingerprint density at radius 2 is 1.69 bits per heavy atom. The van der Waals surface area contributed by atoms with Gasteiger partial charge in [0.05, 0.1) is 27.0 Å². The zero-order chi connectivity index (χ0) is 24.8. The number of nitrogens with zero attached hydrogens (tertiary/aromatic N) is 3. The number of aromatic nitrogens is 3. The Morgan fingerprint density at radius 3 is 2.44 bits per heavy atom. The van der Waals surface area contributed by atoms with Gasteiger partial charge in [0.25, 0.3) is 0 Å². The zero-order valence-corrected chi connectivity index (χ0v) is 19.9. The average Bonchev–Trinajstić information content (AvgIpc) is 3.39. The van der Waals surface area contributed by atoms with Gasteiger partial charge in [-0.25, -0.2) is 9.07 Å². The Bertz CT molecular complexity index is 1480. The molecule has 1 N–H and O–H groups in total. The lowest BCUT2D eigenvalue weighted by Gasteiger charge is -2.39. The fourth-order valence-electron chi connectivity index (χ4n) is 4.97. The number of methoxy groups -OCH3 is 3. The molecule has 0 bridgehead atoms. The molecule has 36 heavy (non-hydrogen) atoms. The second-order valence-corrected chi connectivity index (χ2v) is 8.36. The molecule has 4 aromatic rings. The lowest BCUT2D eigenvalue weighted by molar-refractivity contribution is 0.215. The minimum atomic E-state index is -0.593. The van der Waals surface area contributed by atoms with Crippen molar-refractivity contribution in [2.45, 2.75) is 12.1 Å². The Hall–Kier alpha value is -4.53. The average molecular weight is 487 g/mol. The highest BCUT2D eigenvalue weighted by Gasteiger charge is 2.42. The summed E-state index contributed by atoms with van der Waals surface area (Å²) in [5, 5.41) is 7.95. The van der Waals surface area contributed by atoms with Crippen molar-refractivity contribution < 1.29 is 23.3 Å². The summed E-state index contributed by atoms with van der Waals surface area (Å²) in [6, 6.07) is 17.5. The van der Waals surface area contributed by atoms with Crippen molar-refractivity contribution in [2.24, 2.45) is 0 Å². The number of anilines is 1. The first kappa shape index (κ1) is 22.0. The predicted molar refractivity (Wildman–Crippen MR) is 131 cm³/mol. The van der Waals surface area contributed by atoms with E-state index >= 15 is 0 Å². The molecule has 0 spiro atoms. The van der Waals surface area contributed by atoms with Crippen LogP contribution < -0.4 is 24.3 Å². The van der Waals surface area contributed by atoms with Crippen LogP contribution in [0.2, 0.25) is 0 Å². The normalized spacial score (nSPS) is 17.8. The van der Waals surface area contributed by atoms with Crippen LogP contribution in [0.25, 0.3) is 5.70 Å². The number of benzene rings is 3. The van der Waals surface area contributed by atoms with Gasteiger partial charge in [-0.05, 0) is 42.0 Å². The Morgan fingerprint density at radius 1 is 0.917 bits per heavy atom. The quantitative estimate of drug-likeness (QED) is 0.425. The van der Waals surface area contributed by atoms with Gasteiger partial charge >= 0.3 is 0 Å². The molecular weight excluding hydrogens is 463 g/mol. The van der Waals surface area contributed by atoms with Crippen molar-refractivity contribution in [1.29, 1.82) is 0 Å². The molecule has 6 rings (SSSR count). The molecule has 3 aromatic carbocycles. The standard InChI is InChI=1S/C27H23FN4O4/c1-33-20-13-12-18(25(34-2)26(20)35-3)24-21-22(17-6-4-5-7-19(17)36-24)31-27-29-14-30-32(27)23(21)15-8-10-16(28)11-9-15/h4-14,23-24H,1-3H3,(H,29,30,31)/t23-,24-/m1/s1. The molecule has 9 heteroatoms. The third-order valence-electron chi connectivity index (χ3n) is 6.52. The molecule has 1 aromatic heterocycles. The van der Waals surface area contributed by atoms with Crippen molar-refractivity contribution in [3.8, 4) is 23.0 Å². The molecule has 0 saturated heterocycles. The second-order valence-electron chi connectivity index (χ2n) is 8.36. The molecule has 2 aliphatic heterocycles. The van der Waals surface area contributed by atoms with Gasteiger partial charge in [0.2, 0.25) is 11.7 Å². The zero-order valence-electron chi connectivity index (χ0n) is 19.9. The van der Waals surface area contributed by atoms with Gasteiger partial charge in [0.1, 0.15) is 23.9 Å². The first-order valence-electron chi connectivity index (χ1n) is 11.4. The van der Waals surface area contributed by atoms with Crippen molar-refractivity contribution in [1.82, 2.24) is 14.8 Å². The van der Waals surface area contributed by atoms with Crippen LogP contribution in [0.4, 0.5) is 10.3 Å². The number of para-hydroxylation sites is 1. The summed E-state index contributed by atoms with van der Waals surface area (Å²) in [5.41, 5.74) is 4.21. The molecule has 0 unspecified atom stereocenters.